The first-order valence-corrected chi connectivity index (χ1v) is 8.16. The first-order valence-electron chi connectivity index (χ1n) is 8.16. The molecule has 0 bridgehead atoms. The monoisotopic (exact) mass is 321 g/mol. The molecule has 0 radical (unpaired) electrons. The van der Waals surface area contributed by atoms with Crippen LogP contribution in [0.4, 0.5) is 4.79 Å². The highest BCUT2D eigenvalue weighted by molar-refractivity contribution is 5.68. The summed E-state index contributed by atoms with van der Waals surface area (Å²) in [5, 5.41) is 10.5. The molecule has 1 amide bonds. The Kier molecular flexibility index (Phi) is 6.02. The van der Waals surface area contributed by atoms with Gasteiger partial charge in [-0.3, -0.25) is 4.90 Å². The third kappa shape index (κ3) is 5.52. The Balaban J connectivity index is 1.95. The molecule has 5 nitrogen and oxygen atoms in total. The number of nitrogens with zero attached hydrogens (tertiary/aromatic N) is 1. The van der Waals surface area contributed by atoms with Crippen LogP contribution in [0.1, 0.15) is 32.8 Å². The van der Waals surface area contributed by atoms with Gasteiger partial charge >= 0.3 is 6.09 Å². The number of ether oxygens (including phenoxy) is 2. The Morgan fingerprint density at radius 3 is 2.74 bits per heavy atom. The Morgan fingerprint density at radius 1 is 1.39 bits per heavy atom. The fourth-order valence-corrected chi connectivity index (χ4v) is 2.64. The maximum absolute atomic E-state index is 12.3. The molecule has 1 fully saturated rings. The van der Waals surface area contributed by atoms with Crippen LogP contribution < -0.4 is 0 Å². The van der Waals surface area contributed by atoms with Gasteiger partial charge < -0.3 is 14.6 Å². The van der Waals surface area contributed by atoms with Gasteiger partial charge in [0.2, 0.25) is 0 Å². The quantitative estimate of drug-likeness (QED) is 0.926. The molecule has 1 aromatic rings. The molecule has 0 spiro atoms. The minimum absolute atomic E-state index is 0.342. The van der Waals surface area contributed by atoms with Gasteiger partial charge in [-0.25, -0.2) is 4.79 Å². The number of morpholine rings is 1. The van der Waals surface area contributed by atoms with Gasteiger partial charge in [0.25, 0.3) is 0 Å². The van der Waals surface area contributed by atoms with Crippen LogP contribution in [0, 0.1) is 0 Å². The largest absolute Gasteiger partial charge is 0.444 e. The van der Waals surface area contributed by atoms with Gasteiger partial charge in [0.15, 0.2) is 0 Å². The molecule has 2 atom stereocenters. The van der Waals surface area contributed by atoms with E-state index in [0.29, 0.717) is 26.2 Å². The predicted molar refractivity (Wildman–Crippen MR) is 88.3 cm³/mol. The van der Waals surface area contributed by atoms with E-state index < -0.39 is 11.7 Å². The number of aliphatic hydroxyl groups excluding tert-OH is 1. The van der Waals surface area contributed by atoms with E-state index in [1.807, 2.05) is 51.1 Å². The van der Waals surface area contributed by atoms with Crippen molar-refractivity contribution in [2.75, 3.05) is 19.8 Å². The van der Waals surface area contributed by atoms with Crippen LogP contribution in [-0.4, -0.2) is 53.6 Å². The van der Waals surface area contributed by atoms with Crippen molar-refractivity contribution in [1.82, 2.24) is 4.90 Å². The zero-order chi connectivity index (χ0) is 16.9. The van der Waals surface area contributed by atoms with Crippen LogP contribution in [0.5, 0.6) is 0 Å². The topological polar surface area (TPSA) is 59.0 Å². The molecule has 1 saturated heterocycles. The van der Waals surface area contributed by atoms with E-state index >= 15 is 0 Å². The molecule has 0 saturated carbocycles. The lowest BCUT2D eigenvalue weighted by Crippen LogP contribution is -2.55. The van der Waals surface area contributed by atoms with Gasteiger partial charge in [-0.1, -0.05) is 30.3 Å². The number of amides is 1. The first-order chi connectivity index (χ1) is 10.9. The second kappa shape index (κ2) is 7.79. The lowest BCUT2D eigenvalue weighted by Gasteiger charge is -2.38. The molecule has 5 heteroatoms. The zero-order valence-electron chi connectivity index (χ0n) is 14.2. The van der Waals surface area contributed by atoms with Crippen molar-refractivity contribution in [3.63, 3.8) is 0 Å². The number of benzene rings is 1. The maximum Gasteiger partial charge on any atom is 0.410 e. The molecule has 23 heavy (non-hydrogen) atoms. The normalized spacial score (nSPS) is 20.2. The van der Waals surface area contributed by atoms with Crippen molar-refractivity contribution in [3.05, 3.63) is 35.9 Å². The molecular weight excluding hydrogens is 294 g/mol. The van der Waals surface area contributed by atoms with Crippen LogP contribution in [-0.2, 0) is 15.9 Å². The van der Waals surface area contributed by atoms with Crippen molar-refractivity contribution < 1.29 is 19.4 Å². The van der Waals surface area contributed by atoms with E-state index in [-0.39, 0.29) is 12.1 Å². The van der Waals surface area contributed by atoms with Gasteiger partial charge in [-0.05, 0) is 39.2 Å². The van der Waals surface area contributed by atoms with Crippen LogP contribution in [0.3, 0.4) is 0 Å². The van der Waals surface area contributed by atoms with Gasteiger partial charge in [0.1, 0.15) is 5.60 Å². The second-order valence-corrected chi connectivity index (χ2v) is 6.91. The molecule has 1 aliphatic rings. The van der Waals surface area contributed by atoms with E-state index in [1.54, 1.807) is 4.90 Å². The van der Waals surface area contributed by atoms with E-state index in [0.717, 1.165) is 6.42 Å². The van der Waals surface area contributed by atoms with E-state index in [2.05, 4.69) is 0 Å². The number of carbonyl (C=O) groups is 1. The summed E-state index contributed by atoms with van der Waals surface area (Å²) >= 11 is 0. The Labute approximate surface area is 138 Å². The van der Waals surface area contributed by atoms with Crippen molar-refractivity contribution >= 4 is 6.09 Å². The molecule has 128 valence electrons. The molecule has 1 aromatic carbocycles. The summed E-state index contributed by atoms with van der Waals surface area (Å²) in [4.78, 5) is 13.9. The summed E-state index contributed by atoms with van der Waals surface area (Å²) in [6, 6.07) is 9.66. The smallest absolute Gasteiger partial charge is 0.410 e. The SMILES string of the molecule is CC(C)(C)OC(=O)N1CCOCC1C(O)CCc1ccccc1. The second-order valence-electron chi connectivity index (χ2n) is 6.91. The molecule has 0 aromatic heterocycles. The number of aryl methyl sites for hydroxylation is 1. The van der Waals surface area contributed by atoms with Crippen molar-refractivity contribution in [1.29, 1.82) is 0 Å². The van der Waals surface area contributed by atoms with Crippen molar-refractivity contribution in [2.24, 2.45) is 0 Å². The summed E-state index contributed by atoms with van der Waals surface area (Å²) in [5.41, 5.74) is 0.627. The van der Waals surface area contributed by atoms with Gasteiger partial charge in [0, 0.05) is 6.54 Å². The van der Waals surface area contributed by atoms with Gasteiger partial charge in [0.05, 0.1) is 25.4 Å². The fraction of sp³-hybridized carbons (Fsp3) is 0.611. The standard InChI is InChI=1S/C18H27NO4/c1-18(2,3)23-17(21)19-11-12-22-13-15(19)16(20)10-9-14-7-5-4-6-8-14/h4-8,15-16,20H,9-13H2,1-3H3. The van der Waals surface area contributed by atoms with E-state index in [4.69, 9.17) is 9.47 Å². The number of hydrogen-bond donors (Lipinski definition) is 1. The number of carbonyl (C=O) groups excluding carboxylic acids is 1. The summed E-state index contributed by atoms with van der Waals surface area (Å²) < 4.78 is 10.9. The third-order valence-corrected chi connectivity index (χ3v) is 3.81. The van der Waals surface area contributed by atoms with Crippen molar-refractivity contribution in [3.8, 4) is 0 Å². The molecule has 2 unspecified atom stereocenters. The highest BCUT2D eigenvalue weighted by Gasteiger charge is 2.35. The molecule has 1 N–H and O–H groups in total. The summed E-state index contributed by atoms with van der Waals surface area (Å²) in [6.45, 7) is 6.78. The molecule has 2 rings (SSSR count). The van der Waals surface area contributed by atoms with E-state index in [1.165, 1.54) is 5.56 Å². The maximum atomic E-state index is 12.3. The lowest BCUT2D eigenvalue weighted by molar-refractivity contribution is -0.0676. The number of aliphatic hydroxyl groups is 1. The molecule has 0 aliphatic carbocycles. The molecule has 1 aliphatic heterocycles. The molecule has 1 heterocycles. The highest BCUT2D eigenvalue weighted by atomic mass is 16.6. The minimum atomic E-state index is -0.636. The fourth-order valence-electron chi connectivity index (χ4n) is 2.64. The van der Waals surface area contributed by atoms with Gasteiger partial charge in [-0.2, -0.15) is 0 Å². The lowest BCUT2D eigenvalue weighted by atomic mass is 10.0. The Bertz CT molecular complexity index is 497. The Morgan fingerprint density at radius 2 is 2.09 bits per heavy atom. The van der Waals surface area contributed by atoms with Crippen LogP contribution in [0.15, 0.2) is 30.3 Å². The van der Waals surface area contributed by atoms with Gasteiger partial charge in [-0.15, -0.1) is 0 Å². The zero-order valence-corrected chi connectivity index (χ0v) is 14.2. The molecular formula is C18H27NO4. The minimum Gasteiger partial charge on any atom is -0.444 e. The third-order valence-electron chi connectivity index (χ3n) is 3.81. The van der Waals surface area contributed by atoms with E-state index in [9.17, 15) is 9.90 Å². The van der Waals surface area contributed by atoms with Crippen molar-refractivity contribution in [2.45, 2.75) is 51.4 Å². The Hall–Kier alpha value is -1.59. The average molecular weight is 321 g/mol. The van der Waals surface area contributed by atoms with Crippen LogP contribution >= 0.6 is 0 Å². The van der Waals surface area contributed by atoms with Crippen LogP contribution in [0.2, 0.25) is 0 Å². The van der Waals surface area contributed by atoms with Crippen LogP contribution in [0.25, 0.3) is 0 Å². The highest BCUT2D eigenvalue weighted by Crippen LogP contribution is 2.19. The predicted octanol–water partition coefficient (Wildman–Crippen LogP) is 2.62. The summed E-state index contributed by atoms with van der Waals surface area (Å²) in [6.07, 6.45) is 0.324. The first kappa shape index (κ1) is 17.8. The number of hydrogen-bond acceptors (Lipinski definition) is 4. The average Bonchev–Trinajstić information content (AvgIpc) is 2.52. The summed E-state index contributed by atoms with van der Waals surface area (Å²) in [7, 11) is 0. The number of rotatable bonds is 4. The summed E-state index contributed by atoms with van der Waals surface area (Å²) in [5.74, 6) is 0.